The van der Waals surface area contributed by atoms with E-state index in [2.05, 4.69) is 5.32 Å². The summed E-state index contributed by atoms with van der Waals surface area (Å²) in [5.41, 5.74) is 0.518. The van der Waals surface area contributed by atoms with Crippen LogP contribution >= 0.6 is 0 Å². The van der Waals surface area contributed by atoms with Gasteiger partial charge in [-0.15, -0.1) is 0 Å². The number of carbonyl (C=O) groups is 1. The molecule has 0 fully saturated rings. The Bertz CT molecular complexity index is 715. The number of amides is 1. The molecule has 0 spiro atoms. The number of carbonyl (C=O) groups excluding carboxylic acids is 1. The summed E-state index contributed by atoms with van der Waals surface area (Å²) in [6.45, 7) is 4.03. The molecule has 0 aromatic heterocycles. The van der Waals surface area contributed by atoms with Gasteiger partial charge in [0.25, 0.3) is 11.6 Å². The van der Waals surface area contributed by atoms with Gasteiger partial charge in [-0.3, -0.25) is 14.9 Å². The molecule has 0 aliphatic heterocycles. The first-order chi connectivity index (χ1) is 11.5. The molecule has 0 saturated carbocycles. The van der Waals surface area contributed by atoms with Gasteiger partial charge in [-0.1, -0.05) is 6.07 Å². The van der Waals surface area contributed by atoms with E-state index in [4.69, 9.17) is 9.47 Å². The molecular weight excluding hydrogens is 312 g/mol. The summed E-state index contributed by atoms with van der Waals surface area (Å²) in [5, 5.41) is 13.5. The first kappa shape index (κ1) is 17.3. The third-order valence-corrected chi connectivity index (χ3v) is 3.14. The van der Waals surface area contributed by atoms with Crippen molar-refractivity contribution in [2.75, 3.05) is 11.9 Å². The average molecular weight is 330 g/mol. The number of hydrogen-bond donors (Lipinski definition) is 1. The van der Waals surface area contributed by atoms with E-state index < -0.39 is 11.0 Å². The number of nitro groups is 1. The number of non-ortho nitro benzene ring substituents is 1. The first-order valence-electron chi connectivity index (χ1n) is 7.44. The van der Waals surface area contributed by atoms with Crippen molar-refractivity contribution in [2.24, 2.45) is 0 Å². The van der Waals surface area contributed by atoms with Gasteiger partial charge in [0.05, 0.1) is 17.6 Å². The lowest BCUT2D eigenvalue weighted by atomic mass is 10.2. The van der Waals surface area contributed by atoms with Crippen LogP contribution in [0, 0.1) is 10.1 Å². The van der Waals surface area contributed by atoms with Crippen LogP contribution in [0.1, 0.15) is 13.8 Å². The minimum Gasteiger partial charge on any atom is -0.494 e. The fourth-order valence-electron chi connectivity index (χ4n) is 1.97. The molecule has 7 heteroatoms. The Morgan fingerprint density at radius 3 is 2.54 bits per heavy atom. The molecule has 0 heterocycles. The molecular formula is C17H18N2O5. The van der Waals surface area contributed by atoms with E-state index in [0.717, 1.165) is 5.75 Å². The Kier molecular flexibility index (Phi) is 5.73. The Balaban J connectivity index is 1.96. The molecule has 0 saturated heterocycles. The number of nitrogens with one attached hydrogen (secondary N) is 1. The summed E-state index contributed by atoms with van der Waals surface area (Å²) in [6, 6.07) is 12.7. The molecule has 2 rings (SSSR count). The molecule has 7 nitrogen and oxygen atoms in total. The normalized spacial score (nSPS) is 11.4. The molecule has 0 unspecified atom stereocenters. The van der Waals surface area contributed by atoms with Gasteiger partial charge in [0.2, 0.25) is 0 Å². The number of rotatable bonds is 7. The molecule has 24 heavy (non-hydrogen) atoms. The molecule has 0 aliphatic rings. The molecule has 126 valence electrons. The molecule has 0 aliphatic carbocycles. The summed E-state index contributed by atoms with van der Waals surface area (Å²) in [7, 11) is 0. The highest BCUT2D eigenvalue weighted by molar-refractivity contribution is 5.94. The summed E-state index contributed by atoms with van der Waals surface area (Å²) in [4.78, 5) is 22.4. The van der Waals surface area contributed by atoms with Gasteiger partial charge < -0.3 is 14.8 Å². The summed E-state index contributed by atoms with van der Waals surface area (Å²) >= 11 is 0. The lowest BCUT2D eigenvalue weighted by Crippen LogP contribution is -2.30. The smallest absolute Gasteiger partial charge is 0.273 e. The molecule has 1 N–H and O–H groups in total. The molecule has 1 amide bonds. The Hall–Kier alpha value is -3.09. The second kappa shape index (κ2) is 7.96. The first-order valence-corrected chi connectivity index (χ1v) is 7.44. The summed E-state index contributed by atoms with van der Waals surface area (Å²) in [5.74, 6) is 0.626. The van der Waals surface area contributed by atoms with Crippen molar-refractivity contribution in [3.05, 3.63) is 58.6 Å². The highest BCUT2D eigenvalue weighted by atomic mass is 16.6. The maximum absolute atomic E-state index is 12.1. The van der Waals surface area contributed by atoms with E-state index in [9.17, 15) is 14.9 Å². The number of hydrogen-bond acceptors (Lipinski definition) is 5. The SMILES string of the molecule is CCOc1ccc(NC(=O)[C@H](C)Oc2cccc([N+](=O)[O-])c2)cc1. The van der Waals surface area contributed by atoms with Gasteiger partial charge in [-0.2, -0.15) is 0 Å². The summed E-state index contributed by atoms with van der Waals surface area (Å²) < 4.78 is 10.8. The molecule has 2 aromatic rings. The van der Waals surface area contributed by atoms with Crippen LogP contribution in [0.2, 0.25) is 0 Å². The zero-order chi connectivity index (χ0) is 17.5. The Morgan fingerprint density at radius 2 is 1.92 bits per heavy atom. The third kappa shape index (κ3) is 4.70. The maximum Gasteiger partial charge on any atom is 0.273 e. The van der Waals surface area contributed by atoms with E-state index in [1.807, 2.05) is 6.92 Å². The van der Waals surface area contributed by atoms with Crippen molar-refractivity contribution in [1.29, 1.82) is 0 Å². The van der Waals surface area contributed by atoms with Crippen molar-refractivity contribution in [3.8, 4) is 11.5 Å². The average Bonchev–Trinajstić information content (AvgIpc) is 2.57. The summed E-state index contributed by atoms with van der Waals surface area (Å²) in [6.07, 6.45) is -0.807. The predicted octanol–water partition coefficient (Wildman–Crippen LogP) is 3.40. The monoisotopic (exact) mass is 330 g/mol. The lowest BCUT2D eigenvalue weighted by molar-refractivity contribution is -0.384. The van der Waals surface area contributed by atoms with Crippen molar-refractivity contribution >= 4 is 17.3 Å². The van der Waals surface area contributed by atoms with Crippen LogP contribution in [-0.4, -0.2) is 23.5 Å². The lowest BCUT2D eigenvalue weighted by Gasteiger charge is -2.15. The molecule has 2 aromatic carbocycles. The number of nitro benzene ring substituents is 1. The van der Waals surface area contributed by atoms with E-state index in [1.54, 1.807) is 37.3 Å². The van der Waals surface area contributed by atoms with E-state index in [-0.39, 0.29) is 17.3 Å². The van der Waals surface area contributed by atoms with Crippen LogP contribution in [0.4, 0.5) is 11.4 Å². The van der Waals surface area contributed by atoms with Gasteiger partial charge in [0.1, 0.15) is 11.5 Å². The standard InChI is InChI=1S/C17H18N2O5/c1-3-23-15-9-7-13(8-10-15)18-17(20)12(2)24-16-6-4-5-14(11-16)19(21)22/h4-12H,3H2,1-2H3,(H,18,20)/t12-/m0/s1. The number of nitrogens with zero attached hydrogens (tertiary/aromatic N) is 1. The van der Waals surface area contributed by atoms with Crippen molar-refractivity contribution in [2.45, 2.75) is 20.0 Å². The topological polar surface area (TPSA) is 90.7 Å². The fourth-order valence-corrected chi connectivity index (χ4v) is 1.97. The van der Waals surface area contributed by atoms with Gasteiger partial charge in [-0.05, 0) is 44.2 Å². The van der Waals surface area contributed by atoms with Gasteiger partial charge in [-0.25, -0.2) is 0 Å². The van der Waals surface area contributed by atoms with Crippen LogP contribution in [0.5, 0.6) is 11.5 Å². The molecule has 0 bridgehead atoms. The predicted molar refractivity (Wildman–Crippen MR) is 89.4 cm³/mol. The number of anilines is 1. The zero-order valence-corrected chi connectivity index (χ0v) is 13.4. The van der Waals surface area contributed by atoms with Crippen molar-refractivity contribution < 1.29 is 19.2 Å². The van der Waals surface area contributed by atoms with Gasteiger partial charge in [0.15, 0.2) is 6.10 Å². The second-order valence-corrected chi connectivity index (χ2v) is 4.96. The van der Waals surface area contributed by atoms with Crippen molar-refractivity contribution in [3.63, 3.8) is 0 Å². The van der Waals surface area contributed by atoms with Crippen LogP contribution < -0.4 is 14.8 Å². The second-order valence-electron chi connectivity index (χ2n) is 4.96. The quantitative estimate of drug-likeness (QED) is 0.620. The van der Waals surface area contributed by atoms with E-state index in [0.29, 0.717) is 12.3 Å². The minimum absolute atomic E-state index is 0.0911. The van der Waals surface area contributed by atoms with Crippen molar-refractivity contribution in [1.82, 2.24) is 0 Å². The largest absolute Gasteiger partial charge is 0.494 e. The van der Waals surface area contributed by atoms with Crippen LogP contribution in [0.25, 0.3) is 0 Å². The van der Waals surface area contributed by atoms with Crippen LogP contribution in [0.3, 0.4) is 0 Å². The van der Waals surface area contributed by atoms with Crippen LogP contribution in [0.15, 0.2) is 48.5 Å². The van der Waals surface area contributed by atoms with Gasteiger partial charge in [0, 0.05) is 11.8 Å². The third-order valence-electron chi connectivity index (χ3n) is 3.14. The Morgan fingerprint density at radius 1 is 1.21 bits per heavy atom. The highest BCUT2D eigenvalue weighted by Gasteiger charge is 2.16. The zero-order valence-electron chi connectivity index (χ0n) is 13.4. The van der Waals surface area contributed by atoms with Crippen LogP contribution in [-0.2, 0) is 4.79 Å². The highest BCUT2D eigenvalue weighted by Crippen LogP contribution is 2.21. The minimum atomic E-state index is -0.807. The molecule has 1 atom stereocenters. The fraction of sp³-hybridized carbons (Fsp3) is 0.235. The maximum atomic E-state index is 12.1. The molecule has 0 radical (unpaired) electrons. The van der Waals surface area contributed by atoms with E-state index in [1.165, 1.54) is 18.2 Å². The Labute approximate surface area is 139 Å². The van der Waals surface area contributed by atoms with E-state index >= 15 is 0 Å². The number of ether oxygens (including phenoxy) is 2. The van der Waals surface area contributed by atoms with Gasteiger partial charge >= 0.3 is 0 Å². The number of benzene rings is 2.